The van der Waals surface area contributed by atoms with Crippen molar-refractivity contribution in [1.82, 2.24) is 10.2 Å². The number of anilines is 1. The Balaban J connectivity index is 1.84. The lowest BCUT2D eigenvalue weighted by molar-refractivity contribution is -0.115. The van der Waals surface area contributed by atoms with Gasteiger partial charge in [0.15, 0.2) is 4.34 Å². The smallest absolute Gasteiger partial charge is 0.239 e. The molecule has 0 radical (unpaired) electrons. The van der Waals surface area contributed by atoms with E-state index < -0.39 is 0 Å². The van der Waals surface area contributed by atoms with Crippen molar-refractivity contribution >= 4 is 62.0 Å². The predicted molar refractivity (Wildman–Crippen MR) is 86.7 cm³/mol. The highest BCUT2D eigenvalue weighted by Gasteiger charge is 2.20. The molecule has 1 aliphatic heterocycles. The van der Waals surface area contributed by atoms with Crippen LogP contribution in [-0.2, 0) is 4.79 Å². The molecule has 1 unspecified atom stereocenters. The van der Waals surface area contributed by atoms with E-state index in [1.54, 1.807) is 23.5 Å². The SMILES string of the molecule is CCSc1nnc(NC(=O)C(C)SC2=NCCS2)s1. The van der Waals surface area contributed by atoms with Crippen molar-refractivity contribution in [3.05, 3.63) is 0 Å². The van der Waals surface area contributed by atoms with Gasteiger partial charge in [0, 0.05) is 5.75 Å². The van der Waals surface area contributed by atoms with Crippen LogP contribution in [0.1, 0.15) is 13.8 Å². The normalized spacial score (nSPS) is 16.2. The van der Waals surface area contributed by atoms with E-state index >= 15 is 0 Å². The minimum atomic E-state index is -0.171. The largest absolute Gasteiger partial charge is 0.300 e. The average molecular weight is 335 g/mol. The molecule has 0 fully saturated rings. The van der Waals surface area contributed by atoms with Gasteiger partial charge < -0.3 is 0 Å². The third-order valence-electron chi connectivity index (χ3n) is 2.11. The van der Waals surface area contributed by atoms with Gasteiger partial charge in [-0.25, -0.2) is 0 Å². The molecule has 1 aromatic rings. The number of nitrogens with zero attached hydrogens (tertiary/aromatic N) is 3. The molecular formula is C10H14N4OS4. The van der Waals surface area contributed by atoms with E-state index in [9.17, 15) is 4.79 Å². The van der Waals surface area contributed by atoms with Crippen LogP contribution in [0.15, 0.2) is 9.33 Å². The highest BCUT2D eigenvalue weighted by molar-refractivity contribution is 8.39. The maximum Gasteiger partial charge on any atom is 0.239 e. The molecule has 19 heavy (non-hydrogen) atoms. The summed E-state index contributed by atoms with van der Waals surface area (Å²) in [6.45, 7) is 4.79. The fraction of sp³-hybridized carbons (Fsp3) is 0.600. The van der Waals surface area contributed by atoms with Crippen molar-refractivity contribution in [2.75, 3.05) is 23.4 Å². The summed E-state index contributed by atoms with van der Waals surface area (Å²) in [5.41, 5.74) is 0. The summed E-state index contributed by atoms with van der Waals surface area (Å²) >= 11 is 6.25. The second-order valence-electron chi connectivity index (χ2n) is 3.55. The lowest BCUT2D eigenvalue weighted by Crippen LogP contribution is -2.23. The molecule has 0 aliphatic carbocycles. The monoisotopic (exact) mass is 334 g/mol. The predicted octanol–water partition coefficient (Wildman–Crippen LogP) is 2.81. The Morgan fingerprint density at radius 1 is 1.53 bits per heavy atom. The summed E-state index contributed by atoms with van der Waals surface area (Å²) in [6.07, 6.45) is 0. The molecule has 5 nitrogen and oxygen atoms in total. The minimum absolute atomic E-state index is 0.0515. The molecule has 2 heterocycles. The van der Waals surface area contributed by atoms with E-state index in [1.807, 2.05) is 6.92 Å². The van der Waals surface area contributed by atoms with Crippen LogP contribution >= 0.6 is 46.6 Å². The van der Waals surface area contributed by atoms with Gasteiger partial charge in [-0.2, -0.15) is 0 Å². The average Bonchev–Trinajstić information content (AvgIpc) is 3.02. The van der Waals surface area contributed by atoms with E-state index in [4.69, 9.17) is 0 Å². The summed E-state index contributed by atoms with van der Waals surface area (Å²) in [6, 6.07) is 0. The van der Waals surface area contributed by atoms with Gasteiger partial charge in [-0.1, -0.05) is 53.5 Å². The standard InChI is InChI=1S/C10H14N4OS4/c1-3-16-10-14-13-8(19-10)12-7(15)6(2)18-9-11-4-5-17-9/h6H,3-5H2,1-2H3,(H,12,13,15). The molecular weight excluding hydrogens is 320 g/mol. The van der Waals surface area contributed by atoms with Gasteiger partial charge in [0.25, 0.3) is 0 Å². The summed E-state index contributed by atoms with van der Waals surface area (Å²) in [5, 5.41) is 11.2. The first-order chi connectivity index (χ1) is 9.19. The van der Waals surface area contributed by atoms with Crippen LogP contribution in [0.3, 0.4) is 0 Å². The lowest BCUT2D eigenvalue weighted by Gasteiger charge is -2.08. The first-order valence-electron chi connectivity index (χ1n) is 5.80. The molecule has 0 bridgehead atoms. The maximum atomic E-state index is 12.0. The first kappa shape index (κ1) is 15.1. The minimum Gasteiger partial charge on any atom is -0.300 e. The zero-order valence-electron chi connectivity index (χ0n) is 10.6. The molecule has 1 aromatic heterocycles. The first-order valence-corrected chi connectivity index (χ1v) is 9.47. The Bertz CT molecular complexity index is 476. The Morgan fingerprint density at radius 3 is 3.05 bits per heavy atom. The van der Waals surface area contributed by atoms with Crippen molar-refractivity contribution in [2.24, 2.45) is 4.99 Å². The van der Waals surface area contributed by atoms with Crippen molar-refractivity contribution in [3.63, 3.8) is 0 Å². The lowest BCUT2D eigenvalue weighted by atomic mass is 10.4. The van der Waals surface area contributed by atoms with E-state index in [1.165, 1.54) is 23.1 Å². The number of carbonyl (C=O) groups is 1. The molecule has 0 aromatic carbocycles. The quantitative estimate of drug-likeness (QED) is 0.660. The van der Waals surface area contributed by atoms with E-state index in [-0.39, 0.29) is 11.2 Å². The molecule has 104 valence electrons. The molecule has 0 spiro atoms. The molecule has 1 N–H and O–H groups in total. The van der Waals surface area contributed by atoms with E-state index in [0.717, 1.165) is 26.8 Å². The van der Waals surface area contributed by atoms with Crippen LogP contribution in [-0.4, -0.2) is 43.8 Å². The van der Waals surface area contributed by atoms with Gasteiger partial charge in [0.05, 0.1) is 11.8 Å². The third-order valence-corrected chi connectivity index (χ3v) is 6.27. The maximum absolute atomic E-state index is 12.0. The summed E-state index contributed by atoms with van der Waals surface area (Å²) in [7, 11) is 0. The number of carbonyl (C=O) groups excluding carboxylic acids is 1. The summed E-state index contributed by atoms with van der Waals surface area (Å²) in [5.74, 6) is 1.92. The fourth-order valence-electron chi connectivity index (χ4n) is 1.24. The van der Waals surface area contributed by atoms with Crippen LogP contribution in [0.5, 0.6) is 0 Å². The number of amides is 1. The molecule has 2 rings (SSSR count). The highest BCUT2D eigenvalue weighted by atomic mass is 32.2. The van der Waals surface area contributed by atoms with Gasteiger partial charge in [0.1, 0.15) is 4.38 Å². The van der Waals surface area contributed by atoms with E-state index in [2.05, 4.69) is 27.4 Å². The number of thioether (sulfide) groups is 3. The zero-order chi connectivity index (χ0) is 13.7. The van der Waals surface area contributed by atoms with Crippen LogP contribution in [0, 0.1) is 0 Å². The van der Waals surface area contributed by atoms with Crippen molar-refractivity contribution in [1.29, 1.82) is 0 Å². The zero-order valence-corrected chi connectivity index (χ0v) is 13.8. The van der Waals surface area contributed by atoms with Gasteiger partial charge in [-0.15, -0.1) is 10.2 Å². The number of aliphatic imine (C=N–C) groups is 1. The molecule has 0 saturated carbocycles. The number of rotatable bonds is 5. The van der Waals surface area contributed by atoms with Crippen LogP contribution in [0.2, 0.25) is 0 Å². The second-order valence-corrected chi connectivity index (χ2v) is 8.71. The van der Waals surface area contributed by atoms with Crippen LogP contribution < -0.4 is 5.32 Å². The van der Waals surface area contributed by atoms with Crippen molar-refractivity contribution < 1.29 is 4.79 Å². The Morgan fingerprint density at radius 2 is 2.37 bits per heavy atom. The Kier molecular flexibility index (Phi) is 5.99. The number of hydrogen-bond donors (Lipinski definition) is 1. The van der Waals surface area contributed by atoms with Gasteiger partial charge in [-0.05, 0) is 12.7 Å². The third kappa shape index (κ3) is 4.66. The number of nitrogens with one attached hydrogen (secondary N) is 1. The number of hydrogen-bond acceptors (Lipinski definition) is 8. The topological polar surface area (TPSA) is 67.2 Å². The fourth-order valence-corrected chi connectivity index (χ4v) is 5.02. The van der Waals surface area contributed by atoms with Gasteiger partial charge in [0.2, 0.25) is 11.0 Å². The van der Waals surface area contributed by atoms with Gasteiger partial charge >= 0.3 is 0 Å². The highest BCUT2D eigenvalue weighted by Crippen LogP contribution is 2.28. The van der Waals surface area contributed by atoms with Crippen LogP contribution in [0.25, 0.3) is 0 Å². The van der Waals surface area contributed by atoms with Crippen molar-refractivity contribution in [3.8, 4) is 0 Å². The summed E-state index contributed by atoms with van der Waals surface area (Å²) in [4.78, 5) is 16.3. The molecule has 0 saturated heterocycles. The second kappa shape index (κ2) is 7.51. The van der Waals surface area contributed by atoms with Gasteiger partial charge in [-0.3, -0.25) is 15.1 Å². The Labute approximate surface area is 128 Å². The molecule has 1 amide bonds. The van der Waals surface area contributed by atoms with E-state index in [0.29, 0.717) is 5.13 Å². The molecule has 1 aliphatic rings. The molecule has 1 atom stereocenters. The van der Waals surface area contributed by atoms with Crippen molar-refractivity contribution in [2.45, 2.75) is 23.4 Å². The number of aromatic nitrogens is 2. The van der Waals surface area contributed by atoms with Crippen LogP contribution in [0.4, 0.5) is 5.13 Å². The molecule has 9 heteroatoms. The summed E-state index contributed by atoms with van der Waals surface area (Å²) < 4.78 is 1.89. The Hall–Kier alpha value is -0.250.